The van der Waals surface area contributed by atoms with Gasteiger partial charge in [0.15, 0.2) is 28.4 Å². The molecule has 14 heteroatoms. The monoisotopic (exact) mass is 560 g/mol. The van der Waals surface area contributed by atoms with Crippen LogP contribution in [0.1, 0.15) is 41.5 Å². The molecule has 0 saturated carbocycles. The number of carbonyl (C=O) groups is 6. The molecule has 0 aliphatic rings. The summed E-state index contributed by atoms with van der Waals surface area (Å²) in [6.07, 6.45) is 0. The molecule has 1 heterocycles. The van der Waals surface area contributed by atoms with Crippen LogP contribution in [-0.2, 0) is 28.8 Å². The average Bonchev–Trinajstić information content (AvgIpc) is 2.77. The Morgan fingerprint density at radius 1 is 0.487 bits per heavy atom. The Morgan fingerprint density at radius 2 is 0.769 bits per heavy atom. The maximum atomic E-state index is 13.7. The van der Waals surface area contributed by atoms with Gasteiger partial charge in [0, 0.05) is 52.3 Å². The lowest BCUT2D eigenvalue weighted by atomic mass is 10.1. The smallest absolute Gasteiger partial charge is 0.308 e. The Kier molecular flexibility index (Phi) is 8.30. The Bertz CT molecular complexity index is 1530. The van der Waals surface area contributed by atoms with E-state index >= 15 is 0 Å². The first kappa shape index (κ1) is 28.7. The molecule has 0 bridgehead atoms. The van der Waals surface area contributed by atoms with Crippen LogP contribution in [-0.4, -0.2) is 35.8 Å². The van der Waals surface area contributed by atoms with Crippen LogP contribution in [0.3, 0.4) is 0 Å². The largest absolute Gasteiger partial charge is 0.423 e. The molecule has 0 saturated heterocycles. The highest BCUT2D eigenvalue weighted by Crippen LogP contribution is 2.50. The van der Waals surface area contributed by atoms with E-state index in [1.807, 2.05) is 0 Å². The fraction of sp³-hybridized carbons (Fsp3) is 0.240. The number of benzene rings is 2. The standard InChI is InChI=1S/C25H20O13S/c1-9(26)33-17-7-15-19(32)16-8-18(34-10(2)27)21(36-12(4)29)23(38-14(6)31)25(16)39-24(15)22(37-13(5)30)20(17)35-11(3)28/h7-8H,1-6H3. The van der Waals surface area contributed by atoms with E-state index in [0.717, 1.165) is 65.0 Å². The van der Waals surface area contributed by atoms with Gasteiger partial charge in [0.25, 0.3) is 0 Å². The Balaban J connectivity index is 2.63. The molecule has 0 unspecified atom stereocenters. The summed E-state index contributed by atoms with van der Waals surface area (Å²) >= 11 is 0.722. The van der Waals surface area contributed by atoms with Gasteiger partial charge in [-0.05, 0) is 12.1 Å². The lowest BCUT2D eigenvalue weighted by Crippen LogP contribution is -2.14. The molecule has 0 N–H and O–H groups in total. The molecule has 0 aliphatic heterocycles. The minimum Gasteiger partial charge on any atom is -0.423 e. The van der Waals surface area contributed by atoms with Crippen molar-refractivity contribution in [3.8, 4) is 34.5 Å². The molecule has 0 spiro atoms. The molecule has 3 aromatic rings. The molecular formula is C25H20O13S. The van der Waals surface area contributed by atoms with Crippen molar-refractivity contribution in [3.63, 3.8) is 0 Å². The average molecular weight is 560 g/mol. The van der Waals surface area contributed by atoms with Crippen LogP contribution in [0.25, 0.3) is 20.2 Å². The zero-order chi connectivity index (χ0) is 29.2. The first-order valence-electron chi connectivity index (χ1n) is 10.9. The summed E-state index contributed by atoms with van der Waals surface area (Å²) in [4.78, 5) is 84.9. The van der Waals surface area contributed by atoms with E-state index in [2.05, 4.69) is 0 Å². The topological polar surface area (TPSA) is 175 Å². The Morgan fingerprint density at radius 3 is 1.05 bits per heavy atom. The van der Waals surface area contributed by atoms with E-state index in [1.165, 1.54) is 0 Å². The van der Waals surface area contributed by atoms with Crippen molar-refractivity contribution in [2.45, 2.75) is 41.5 Å². The van der Waals surface area contributed by atoms with Gasteiger partial charge in [-0.1, -0.05) is 0 Å². The molecule has 0 aliphatic carbocycles. The van der Waals surface area contributed by atoms with Crippen molar-refractivity contribution in [1.82, 2.24) is 0 Å². The number of hydrogen-bond acceptors (Lipinski definition) is 14. The van der Waals surface area contributed by atoms with Crippen LogP contribution in [0.2, 0.25) is 0 Å². The lowest BCUT2D eigenvalue weighted by Gasteiger charge is -2.17. The van der Waals surface area contributed by atoms with Gasteiger partial charge in [-0.15, -0.1) is 11.3 Å². The lowest BCUT2D eigenvalue weighted by molar-refractivity contribution is -0.135. The van der Waals surface area contributed by atoms with Gasteiger partial charge in [0.05, 0.1) is 9.40 Å². The number of fused-ring (bicyclic) bond motifs is 2. The zero-order valence-electron chi connectivity index (χ0n) is 21.4. The third kappa shape index (κ3) is 6.35. The molecule has 204 valence electrons. The second kappa shape index (κ2) is 11.3. The number of esters is 6. The third-order valence-electron chi connectivity index (χ3n) is 4.50. The van der Waals surface area contributed by atoms with Crippen LogP contribution in [0.15, 0.2) is 16.9 Å². The van der Waals surface area contributed by atoms with E-state index in [4.69, 9.17) is 28.4 Å². The van der Waals surface area contributed by atoms with Gasteiger partial charge in [-0.3, -0.25) is 33.6 Å². The predicted octanol–water partition coefficient (Wildman–Crippen LogP) is 2.97. The van der Waals surface area contributed by atoms with Gasteiger partial charge >= 0.3 is 35.8 Å². The molecule has 0 radical (unpaired) electrons. The van der Waals surface area contributed by atoms with Gasteiger partial charge < -0.3 is 28.4 Å². The quantitative estimate of drug-likeness (QED) is 0.245. The highest BCUT2D eigenvalue weighted by molar-refractivity contribution is 7.25. The number of hydrogen-bond donors (Lipinski definition) is 0. The van der Waals surface area contributed by atoms with Crippen LogP contribution in [0, 0.1) is 0 Å². The van der Waals surface area contributed by atoms with Crippen molar-refractivity contribution >= 4 is 67.3 Å². The van der Waals surface area contributed by atoms with E-state index < -0.39 is 75.7 Å². The first-order chi connectivity index (χ1) is 18.2. The Hall–Kier alpha value is -4.85. The van der Waals surface area contributed by atoms with Crippen molar-refractivity contribution in [2.24, 2.45) is 0 Å². The molecular weight excluding hydrogens is 540 g/mol. The van der Waals surface area contributed by atoms with Crippen molar-refractivity contribution in [3.05, 3.63) is 22.4 Å². The van der Waals surface area contributed by atoms with Crippen LogP contribution >= 0.6 is 11.3 Å². The molecule has 3 rings (SSSR count). The number of ether oxygens (including phenoxy) is 6. The minimum atomic E-state index is -0.879. The summed E-state index contributed by atoms with van der Waals surface area (Å²) in [6, 6.07) is 2.19. The van der Waals surface area contributed by atoms with E-state index in [9.17, 15) is 33.6 Å². The summed E-state index contributed by atoms with van der Waals surface area (Å²) in [7, 11) is 0. The minimum absolute atomic E-state index is 0.0859. The normalized spacial score (nSPS) is 10.5. The van der Waals surface area contributed by atoms with E-state index in [-0.39, 0.29) is 20.2 Å². The van der Waals surface area contributed by atoms with Gasteiger partial charge in [0.2, 0.25) is 11.5 Å². The van der Waals surface area contributed by atoms with Crippen LogP contribution in [0.5, 0.6) is 34.5 Å². The van der Waals surface area contributed by atoms with E-state index in [1.54, 1.807) is 0 Å². The highest BCUT2D eigenvalue weighted by atomic mass is 32.1. The number of carbonyl (C=O) groups excluding carboxylic acids is 6. The maximum absolute atomic E-state index is 13.7. The molecule has 39 heavy (non-hydrogen) atoms. The Labute approximate surface area is 223 Å². The maximum Gasteiger partial charge on any atom is 0.308 e. The highest BCUT2D eigenvalue weighted by Gasteiger charge is 2.29. The van der Waals surface area contributed by atoms with Gasteiger partial charge in [0.1, 0.15) is 0 Å². The third-order valence-corrected chi connectivity index (χ3v) is 5.72. The molecule has 13 nitrogen and oxygen atoms in total. The van der Waals surface area contributed by atoms with E-state index in [0.29, 0.717) is 0 Å². The van der Waals surface area contributed by atoms with Gasteiger partial charge in [-0.2, -0.15) is 0 Å². The predicted molar refractivity (Wildman–Crippen MR) is 133 cm³/mol. The van der Waals surface area contributed by atoms with Crippen LogP contribution < -0.4 is 33.8 Å². The molecule has 1 aromatic heterocycles. The van der Waals surface area contributed by atoms with Gasteiger partial charge in [-0.25, -0.2) is 0 Å². The SMILES string of the molecule is CC(=O)Oc1cc2c(=O)c3cc(OC(C)=O)c(OC(C)=O)c(OC(C)=O)c3sc2c(OC(C)=O)c1OC(C)=O. The summed E-state index contributed by atoms with van der Waals surface area (Å²) in [6.45, 7) is 6.29. The fourth-order valence-corrected chi connectivity index (χ4v) is 4.58. The molecule has 0 atom stereocenters. The zero-order valence-corrected chi connectivity index (χ0v) is 22.2. The fourth-order valence-electron chi connectivity index (χ4n) is 3.40. The molecule has 0 fully saturated rings. The van der Waals surface area contributed by atoms with Crippen molar-refractivity contribution in [2.75, 3.05) is 0 Å². The second-order valence-electron chi connectivity index (χ2n) is 7.81. The summed E-state index contributed by atoms with van der Waals surface area (Å²) in [5.74, 6) is -7.80. The summed E-state index contributed by atoms with van der Waals surface area (Å²) in [5, 5.41) is -0.336. The second-order valence-corrected chi connectivity index (χ2v) is 8.83. The first-order valence-corrected chi connectivity index (χ1v) is 11.8. The molecule has 0 amide bonds. The summed E-state index contributed by atoms with van der Waals surface area (Å²) in [5.41, 5.74) is -0.786. The molecule has 2 aromatic carbocycles. The van der Waals surface area contributed by atoms with Crippen LogP contribution in [0.4, 0.5) is 0 Å². The number of rotatable bonds is 6. The van der Waals surface area contributed by atoms with Crippen molar-refractivity contribution in [1.29, 1.82) is 0 Å². The van der Waals surface area contributed by atoms with Crippen molar-refractivity contribution < 1.29 is 57.2 Å². The summed E-state index contributed by atoms with van der Waals surface area (Å²) < 4.78 is 31.0.